The van der Waals surface area contributed by atoms with Gasteiger partial charge < -0.3 is 4.52 Å². The van der Waals surface area contributed by atoms with E-state index >= 15 is 0 Å². The molecular weight excluding hydrogens is 326 g/mol. The van der Waals surface area contributed by atoms with Crippen molar-refractivity contribution in [3.05, 3.63) is 72.2 Å². The second kappa shape index (κ2) is 6.57. The summed E-state index contributed by atoms with van der Waals surface area (Å²) < 4.78 is 5.44. The zero-order valence-corrected chi connectivity index (χ0v) is 13.9. The van der Waals surface area contributed by atoms with Crippen molar-refractivity contribution in [1.82, 2.24) is 20.3 Å². The lowest BCUT2D eigenvalue weighted by Gasteiger charge is -2.11. The molecule has 0 fully saturated rings. The molecule has 0 saturated heterocycles. The SMILES string of the molecule is Cc1noc(-c2c(-c3cccc(C#N)c3)cnnc2-c2ccccc2)n1. The maximum atomic E-state index is 9.21. The van der Waals surface area contributed by atoms with Crippen LogP contribution in [0.25, 0.3) is 33.8 Å². The quantitative estimate of drug-likeness (QED) is 0.559. The van der Waals surface area contributed by atoms with Gasteiger partial charge in [-0.2, -0.15) is 15.3 Å². The van der Waals surface area contributed by atoms with Crippen LogP contribution in [0.15, 0.2) is 65.3 Å². The molecule has 6 nitrogen and oxygen atoms in total. The Morgan fingerprint density at radius 2 is 1.81 bits per heavy atom. The van der Waals surface area contributed by atoms with E-state index in [1.165, 1.54) is 0 Å². The molecule has 0 amide bonds. The van der Waals surface area contributed by atoms with Crippen LogP contribution in [-0.2, 0) is 0 Å². The van der Waals surface area contributed by atoms with E-state index in [4.69, 9.17) is 4.52 Å². The zero-order chi connectivity index (χ0) is 17.9. The summed E-state index contributed by atoms with van der Waals surface area (Å²) in [6.07, 6.45) is 1.65. The minimum atomic E-state index is 0.369. The Hall–Kier alpha value is -3.85. The van der Waals surface area contributed by atoms with Crippen molar-refractivity contribution in [2.75, 3.05) is 0 Å². The molecular formula is C20H13N5O. The van der Waals surface area contributed by atoms with Gasteiger partial charge in [-0.3, -0.25) is 0 Å². The molecule has 0 atom stereocenters. The van der Waals surface area contributed by atoms with Crippen LogP contribution >= 0.6 is 0 Å². The van der Waals surface area contributed by atoms with Gasteiger partial charge in [0.1, 0.15) is 5.69 Å². The summed E-state index contributed by atoms with van der Waals surface area (Å²) in [4.78, 5) is 4.39. The average molecular weight is 339 g/mol. The van der Waals surface area contributed by atoms with E-state index in [1.54, 1.807) is 25.3 Å². The monoisotopic (exact) mass is 339 g/mol. The number of rotatable bonds is 3. The summed E-state index contributed by atoms with van der Waals surface area (Å²) in [5, 5.41) is 21.6. The molecule has 0 spiro atoms. The molecule has 0 bridgehead atoms. The molecule has 2 aromatic heterocycles. The highest BCUT2D eigenvalue weighted by Gasteiger charge is 2.21. The third-order valence-electron chi connectivity index (χ3n) is 3.94. The van der Waals surface area contributed by atoms with E-state index in [0.29, 0.717) is 28.5 Å². The Morgan fingerprint density at radius 3 is 2.54 bits per heavy atom. The highest BCUT2D eigenvalue weighted by Crippen LogP contribution is 2.37. The zero-order valence-electron chi connectivity index (χ0n) is 13.9. The molecule has 0 aliphatic rings. The molecule has 0 aliphatic carbocycles. The topological polar surface area (TPSA) is 88.5 Å². The highest BCUT2D eigenvalue weighted by molar-refractivity contribution is 5.89. The van der Waals surface area contributed by atoms with Gasteiger partial charge in [-0.25, -0.2) is 0 Å². The minimum Gasteiger partial charge on any atom is -0.334 e. The summed E-state index contributed by atoms with van der Waals surface area (Å²) in [6, 6.07) is 19.2. The van der Waals surface area contributed by atoms with Gasteiger partial charge in [-0.1, -0.05) is 47.6 Å². The Morgan fingerprint density at radius 1 is 1.00 bits per heavy atom. The molecule has 4 aromatic rings. The molecule has 0 unspecified atom stereocenters. The standard InChI is InChI=1S/C20H13N5O/c1-13-23-20(26-25-13)18-17(16-9-5-6-14(10-16)11-21)12-22-24-19(18)15-7-3-2-4-8-15/h2-10,12H,1H3. The lowest BCUT2D eigenvalue weighted by Crippen LogP contribution is -1.96. The van der Waals surface area contributed by atoms with Crippen molar-refractivity contribution in [3.63, 3.8) is 0 Å². The first-order chi connectivity index (χ1) is 12.8. The normalized spacial score (nSPS) is 10.5. The predicted molar refractivity (Wildman–Crippen MR) is 95.6 cm³/mol. The van der Waals surface area contributed by atoms with Gasteiger partial charge in [0.25, 0.3) is 5.89 Å². The first-order valence-electron chi connectivity index (χ1n) is 7.98. The van der Waals surface area contributed by atoms with Gasteiger partial charge in [0.15, 0.2) is 5.82 Å². The van der Waals surface area contributed by atoms with Gasteiger partial charge >= 0.3 is 0 Å². The summed E-state index contributed by atoms with van der Waals surface area (Å²) in [7, 11) is 0. The van der Waals surface area contributed by atoms with Crippen molar-refractivity contribution in [2.24, 2.45) is 0 Å². The molecule has 6 heteroatoms. The van der Waals surface area contributed by atoms with Gasteiger partial charge in [0, 0.05) is 11.1 Å². The number of aromatic nitrogens is 4. The molecule has 0 aliphatic heterocycles. The Balaban J connectivity index is 2.02. The van der Waals surface area contributed by atoms with Crippen molar-refractivity contribution in [1.29, 1.82) is 5.26 Å². The second-order valence-corrected chi connectivity index (χ2v) is 5.69. The molecule has 0 N–H and O–H groups in total. The third kappa shape index (κ3) is 2.82. The smallest absolute Gasteiger partial charge is 0.260 e. The van der Waals surface area contributed by atoms with Gasteiger partial charge in [-0.15, -0.1) is 5.10 Å². The van der Waals surface area contributed by atoms with Gasteiger partial charge in [-0.05, 0) is 24.6 Å². The van der Waals surface area contributed by atoms with Crippen LogP contribution in [0.5, 0.6) is 0 Å². The number of hydrogen-bond acceptors (Lipinski definition) is 6. The minimum absolute atomic E-state index is 0.369. The fourth-order valence-corrected chi connectivity index (χ4v) is 2.77. The van der Waals surface area contributed by atoms with Crippen molar-refractivity contribution >= 4 is 0 Å². The summed E-state index contributed by atoms with van der Waals surface area (Å²) in [5.74, 6) is 0.904. The molecule has 26 heavy (non-hydrogen) atoms. The lowest BCUT2D eigenvalue weighted by molar-refractivity contribution is 0.425. The Kier molecular flexibility index (Phi) is 3.96. The molecule has 124 valence electrons. The third-order valence-corrected chi connectivity index (χ3v) is 3.94. The van der Waals surface area contributed by atoms with Gasteiger partial charge in [0.05, 0.1) is 23.4 Å². The van der Waals surface area contributed by atoms with E-state index in [-0.39, 0.29) is 0 Å². The van der Waals surface area contributed by atoms with Crippen molar-refractivity contribution < 1.29 is 4.52 Å². The molecule has 0 saturated carbocycles. The first-order valence-corrected chi connectivity index (χ1v) is 7.98. The maximum Gasteiger partial charge on any atom is 0.260 e. The molecule has 2 heterocycles. The van der Waals surface area contributed by atoms with Crippen LogP contribution in [0, 0.1) is 18.3 Å². The van der Waals surface area contributed by atoms with Crippen LogP contribution < -0.4 is 0 Å². The van der Waals surface area contributed by atoms with Crippen LogP contribution in [0.3, 0.4) is 0 Å². The molecule has 2 aromatic carbocycles. The number of nitriles is 1. The largest absolute Gasteiger partial charge is 0.334 e. The number of hydrogen-bond donors (Lipinski definition) is 0. The maximum absolute atomic E-state index is 9.21. The van der Waals surface area contributed by atoms with Crippen LogP contribution in [0.1, 0.15) is 11.4 Å². The highest BCUT2D eigenvalue weighted by atomic mass is 16.5. The molecule has 4 rings (SSSR count). The fraction of sp³-hybridized carbons (Fsp3) is 0.0500. The number of aryl methyl sites for hydroxylation is 1. The summed E-state index contributed by atoms with van der Waals surface area (Å²) in [5.41, 5.74) is 4.41. The van der Waals surface area contributed by atoms with Crippen LogP contribution in [0.4, 0.5) is 0 Å². The second-order valence-electron chi connectivity index (χ2n) is 5.69. The predicted octanol–water partition coefficient (Wildman–Crippen LogP) is 4.04. The molecule has 0 radical (unpaired) electrons. The van der Waals surface area contributed by atoms with E-state index in [1.807, 2.05) is 42.5 Å². The Bertz CT molecular complexity index is 1110. The van der Waals surface area contributed by atoms with Crippen LogP contribution in [0.2, 0.25) is 0 Å². The Labute approximate surface area is 149 Å². The summed E-state index contributed by atoms with van der Waals surface area (Å²) in [6.45, 7) is 1.76. The van der Waals surface area contributed by atoms with Crippen molar-refractivity contribution in [2.45, 2.75) is 6.92 Å². The number of nitrogens with zero attached hydrogens (tertiary/aromatic N) is 5. The van der Waals surface area contributed by atoms with E-state index in [9.17, 15) is 5.26 Å². The average Bonchev–Trinajstić information content (AvgIpc) is 3.14. The summed E-state index contributed by atoms with van der Waals surface area (Å²) >= 11 is 0. The number of benzene rings is 2. The van der Waals surface area contributed by atoms with Gasteiger partial charge in [0.2, 0.25) is 0 Å². The lowest BCUT2D eigenvalue weighted by atomic mass is 9.96. The van der Waals surface area contributed by atoms with E-state index < -0.39 is 0 Å². The van der Waals surface area contributed by atoms with E-state index in [2.05, 4.69) is 26.4 Å². The van der Waals surface area contributed by atoms with E-state index in [0.717, 1.165) is 16.7 Å². The fourth-order valence-electron chi connectivity index (χ4n) is 2.77. The first kappa shape index (κ1) is 15.7. The van der Waals surface area contributed by atoms with Crippen molar-refractivity contribution in [3.8, 4) is 39.9 Å². The van der Waals surface area contributed by atoms with Crippen LogP contribution in [-0.4, -0.2) is 20.3 Å².